The summed E-state index contributed by atoms with van der Waals surface area (Å²) in [4.78, 5) is 0. The molecule has 0 fully saturated rings. The minimum atomic E-state index is -4.41. The summed E-state index contributed by atoms with van der Waals surface area (Å²) in [6.07, 6.45) is -3.72. The molecule has 98 valence electrons. The summed E-state index contributed by atoms with van der Waals surface area (Å²) in [7, 11) is 0. The van der Waals surface area contributed by atoms with E-state index in [0.29, 0.717) is 0 Å². The zero-order chi connectivity index (χ0) is 13.1. The Balaban J connectivity index is 2.49. The average Bonchev–Trinajstić information content (AvgIpc) is 2.62. The molecule has 0 saturated heterocycles. The number of alkyl halides is 3. The molecule has 1 aromatic rings. The largest absolute Gasteiger partial charge is 0.419 e. The SMILES string of the molecule is CC(C)OCC(O)Cn1cc(C(F)(F)F)cn1. The quantitative estimate of drug-likeness (QED) is 0.867. The Kier molecular flexibility index (Phi) is 4.53. The van der Waals surface area contributed by atoms with E-state index >= 15 is 0 Å². The van der Waals surface area contributed by atoms with Gasteiger partial charge in [0.1, 0.15) is 0 Å². The summed E-state index contributed by atoms with van der Waals surface area (Å²) in [6, 6.07) is 0. The van der Waals surface area contributed by atoms with E-state index in [0.717, 1.165) is 17.1 Å². The van der Waals surface area contributed by atoms with Crippen LogP contribution >= 0.6 is 0 Å². The number of ether oxygens (including phenoxy) is 1. The third-order valence-corrected chi connectivity index (χ3v) is 1.98. The van der Waals surface area contributed by atoms with Crippen LogP contribution in [-0.2, 0) is 17.5 Å². The Morgan fingerprint density at radius 1 is 1.47 bits per heavy atom. The Morgan fingerprint density at radius 3 is 2.59 bits per heavy atom. The van der Waals surface area contributed by atoms with Crippen LogP contribution in [0.2, 0.25) is 0 Å². The molecule has 17 heavy (non-hydrogen) atoms. The number of hydrogen-bond donors (Lipinski definition) is 1. The number of aliphatic hydroxyl groups is 1. The molecule has 0 aliphatic rings. The van der Waals surface area contributed by atoms with E-state index in [2.05, 4.69) is 5.10 Å². The highest BCUT2D eigenvalue weighted by Crippen LogP contribution is 2.28. The third kappa shape index (κ3) is 4.74. The first-order chi connectivity index (χ1) is 7.79. The van der Waals surface area contributed by atoms with Gasteiger partial charge < -0.3 is 9.84 Å². The van der Waals surface area contributed by atoms with E-state index in [1.807, 2.05) is 13.8 Å². The van der Waals surface area contributed by atoms with Gasteiger partial charge in [-0.1, -0.05) is 0 Å². The molecule has 1 unspecified atom stereocenters. The van der Waals surface area contributed by atoms with Crippen molar-refractivity contribution >= 4 is 0 Å². The number of hydrogen-bond acceptors (Lipinski definition) is 3. The molecule has 0 aromatic carbocycles. The van der Waals surface area contributed by atoms with E-state index in [1.165, 1.54) is 0 Å². The molecule has 0 bridgehead atoms. The van der Waals surface area contributed by atoms with Gasteiger partial charge in [-0.05, 0) is 13.8 Å². The predicted octanol–water partition coefficient (Wildman–Crippen LogP) is 1.69. The van der Waals surface area contributed by atoms with E-state index in [4.69, 9.17) is 4.74 Å². The second-order valence-corrected chi connectivity index (χ2v) is 3.98. The molecule has 0 radical (unpaired) electrons. The summed E-state index contributed by atoms with van der Waals surface area (Å²) >= 11 is 0. The van der Waals surface area contributed by atoms with Gasteiger partial charge in [0.25, 0.3) is 0 Å². The molecule has 1 rings (SSSR count). The first-order valence-corrected chi connectivity index (χ1v) is 5.18. The van der Waals surface area contributed by atoms with Crippen molar-refractivity contribution in [1.82, 2.24) is 9.78 Å². The first kappa shape index (κ1) is 14.0. The molecule has 7 heteroatoms. The van der Waals surface area contributed by atoms with Crippen LogP contribution in [0.4, 0.5) is 13.2 Å². The molecular formula is C10H15F3N2O2. The third-order valence-electron chi connectivity index (χ3n) is 1.98. The van der Waals surface area contributed by atoms with Crippen molar-refractivity contribution in [1.29, 1.82) is 0 Å². The molecule has 0 aliphatic heterocycles. The van der Waals surface area contributed by atoms with Crippen LogP contribution < -0.4 is 0 Å². The van der Waals surface area contributed by atoms with Crippen molar-refractivity contribution in [2.45, 2.75) is 38.8 Å². The summed E-state index contributed by atoms with van der Waals surface area (Å²) in [5, 5.41) is 13.0. The number of nitrogens with zero attached hydrogens (tertiary/aromatic N) is 2. The summed E-state index contributed by atoms with van der Waals surface area (Å²) in [6.45, 7) is 3.66. The molecule has 1 aromatic heterocycles. The van der Waals surface area contributed by atoms with Crippen LogP contribution in [0.15, 0.2) is 12.4 Å². The summed E-state index contributed by atoms with van der Waals surface area (Å²) in [5.41, 5.74) is -0.825. The highest BCUT2D eigenvalue weighted by atomic mass is 19.4. The van der Waals surface area contributed by atoms with Crippen LogP contribution in [-0.4, -0.2) is 33.7 Å². The van der Waals surface area contributed by atoms with Gasteiger partial charge in [0.2, 0.25) is 0 Å². The van der Waals surface area contributed by atoms with Crippen LogP contribution in [0.25, 0.3) is 0 Å². The van der Waals surface area contributed by atoms with Crippen LogP contribution in [0.1, 0.15) is 19.4 Å². The number of aromatic nitrogens is 2. The van der Waals surface area contributed by atoms with E-state index in [-0.39, 0.29) is 19.3 Å². The fraction of sp³-hybridized carbons (Fsp3) is 0.700. The molecule has 0 spiro atoms. The highest BCUT2D eigenvalue weighted by molar-refractivity contribution is 5.08. The molecule has 0 saturated carbocycles. The second kappa shape index (κ2) is 5.50. The van der Waals surface area contributed by atoms with Gasteiger partial charge >= 0.3 is 6.18 Å². The maximum atomic E-state index is 12.3. The van der Waals surface area contributed by atoms with Crippen molar-refractivity contribution in [2.24, 2.45) is 0 Å². The van der Waals surface area contributed by atoms with Gasteiger partial charge in [0.15, 0.2) is 0 Å². The van der Waals surface area contributed by atoms with Crippen LogP contribution in [0.3, 0.4) is 0 Å². The van der Waals surface area contributed by atoms with Gasteiger partial charge in [-0.15, -0.1) is 0 Å². The lowest BCUT2D eigenvalue weighted by Crippen LogP contribution is -2.24. The van der Waals surface area contributed by atoms with Crippen molar-refractivity contribution in [2.75, 3.05) is 6.61 Å². The molecule has 1 atom stereocenters. The molecule has 4 nitrogen and oxygen atoms in total. The number of rotatable bonds is 5. The van der Waals surface area contributed by atoms with Crippen molar-refractivity contribution in [3.05, 3.63) is 18.0 Å². The fourth-order valence-electron chi connectivity index (χ4n) is 1.18. The van der Waals surface area contributed by atoms with Gasteiger partial charge in [0.05, 0.1) is 37.1 Å². The summed E-state index contributed by atoms with van der Waals surface area (Å²) < 4.78 is 42.9. The molecule has 1 heterocycles. The standard InChI is InChI=1S/C10H15F3N2O2/c1-7(2)17-6-9(16)5-15-4-8(3-14-15)10(11,12)13/h3-4,7,9,16H,5-6H2,1-2H3. The topological polar surface area (TPSA) is 47.3 Å². The predicted molar refractivity (Wildman–Crippen MR) is 54.3 cm³/mol. The zero-order valence-electron chi connectivity index (χ0n) is 9.61. The first-order valence-electron chi connectivity index (χ1n) is 5.18. The number of halogens is 3. The minimum absolute atomic E-state index is 0.0250. The molecule has 0 aliphatic carbocycles. The summed E-state index contributed by atoms with van der Waals surface area (Å²) in [5.74, 6) is 0. The Hall–Kier alpha value is -1.08. The van der Waals surface area contributed by atoms with Crippen molar-refractivity contribution < 1.29 is 23.0 Å². The maximum Gasteiger partial charge on any atom is 0.419 e. The van der Waals surface area contributed by atoms with Crippen molar-refractivity contribution in [3.63, 3.8) is 0 Å². The number of aliphatic hydroxyl groups excluding tert-OH is 1. The lowest BCUT2D eigenvalue weighted by molar-refractivity contribution is -0.137. The van der Waals surface area contributed by atoms with Gasteiger partial charge in [-0.2, -0.15) is 18.3 Å². The van der Waals surface area contributed by atoms with E-state index in [9.17, 15) is 18.3 Å². The van der Waals surface area contributed by atoms with Crippen LogP contribution in [0, 0.1) is 0 Å². The molecular weight excluding hydrogens is 237 g/mol. The lowest BCUT2D eigenvalue weighted by atomic mass is 10.3. The molecule has 0 amide bonds. The monoisotopic (exact) mass is 252 g/mol. The average molecular weight is 252 g/mol. The lowest BCUT2D eigenvalue weighted by Gasteiger charge is -2.13. The molecule has 1 N–H and O–H groups in total. The highest BCUT2D eigenvalue weighted by Gasteiger charge is 2.32. The fourth-order valence-corrected chi connectivity index (χ4v) is 1.18. The Morgan fingerprint density at radius 2 is 2.12 bits per heavy atom. The van der Waals surface area contributed by atoms with Gasteiger partial charge in [0, 0.05) is 6.20 Å². The second-order valence-electron chi connectivity index (χ2n) is 3.98. The smallest absolute Gasteiger partial charge is 0.389 e. The zero-order valence-corrected chi connectivity index (χ0v) is 9.61. The Labute approximate surface area is 97.0 Å². The van der Waals surface area contributed by atoms with E-state index < -0.39 is 17.8 Å². The van der Waals surface area contributed by atoms with Gasteiger partial charge in [-0.3, -0.25) is 4.68 Å². The Bertz CT molecular complexity index is 350. The van der Waals surface area contributed by atoms with Crippen molar-refractivity contribution in [3.8, 4) is 0 Å². The van der Waals surface area contributed by atoms with Crippen LogP contribution in [0.5, 0.6) is 0 Å². The maximum absolute atomic E-state index is 12.3. The normalized spacial score (nSPS) is 14.3. The van der Waals surface area contributed by atoms with E-state index in [1.54, 1.807) is 0 Å². The minimum Gasteiger partial charge on any atom is -0.389 e. The van der Waals surface area contributed by atoms with Gasteiger partial charge in [-0.25, -0.2) is 0 Å².